The summed E-state index contributed by atoms with van der Waals surface area (Å²) in [5.41, 5.74) is 6.82. The summed E-state index contributed by atoms with van der Waals surface area (Å²) < 4.78 is 0. The number of rotatable bonds is 3. The van der Waals surface area contributed by atoms with Crippen molar-refractivity contribution in [2.45, 2.75) is 38.8 Å². The fraction of sp³-hybridized carbons (Fsp3) is 0.533. The molecule has 0 spiro atoms. The summed E-state index contributed by atoms with van der Waals surface area (Å²) in [4.78, 5) is 11.7. The highest BCUT2D eigenvalue weighted by molar-refractivity contribution is 5.78. The molecule has 1 aromatic carbocycles. The topological polar surface area (TPSA) is 55.1 Å². The number of carbonyl (C=O) groups is 1. The third-order valence-electron chi connectivity index (χ3n) is 3.90. The zero-order valence-corrected chi connectivity index (χ0v) is 11.1. The van der Waals surface area contributed by atoms with Crippen molar-refractivity contribution in [3.05, 3.63) is 35.9 Å². The van der Waals surface area contributed by atoms with Gasteiger partial charge >= 0.3 is 0 Å². The average molecular weight is 246 g/mol. The van der Waals surface area contributed by atoms with Crippen molar-refractivity contribution in [2.24, 2.45) is 17.6 Å². The Balaban J connectivity index is 2.14. The molecule has 3 N–H and O–H groups in total. The first-order chi connectivity index (χ1) is 8.58. The number of nitrogens with two attached hydrogens (primary N) is 1. The molecule has 98 valence electrons. The minimum absolute atomic E-state index is 0.0681. The SMILES string of the molecule is CC1CC(C)C(C(N)=O)C(Cc2ccccc2)N1. The molecule has 1 amide bonds. The van der Waals surface area contributed by atoms with Crippen LogP contribution in [0.3, 0.4) is 0 Å². The molecule has 3 nitrogen and oxygen atoms in total. The standard InChI is InChI=1S/C15H22N2O/c1-10-8-11(2)17-13(14(10)15(16)18)9-12-6-4-3-5-7-12/h3-7,10-11,13-14,17H,8-9H2,1-2H3,(H2,16,18). The van der Waals surface area contributed by atoms with Crippen molar-refractivity contribution in [1.29, 1.82) is 0 Å². The van der Waals surface area contributed by atoms with Gasteiger partial charge in [-0.15, -0.1) is 0 Å². The van der Waals surface area contributed by atoms with E-state index in [1.807, 2.05) is 18.2 Å². The summed E-state index contributed by atoms with van der Waals surface area (Å²) in [6, 6.07) is 10.9. The van der Waals surface area contributed by atoms with Crippen molar-refractivity contribution < 1.29 is 4.79 Å². The van der Waals surface area contributed by atoms with E-state index < -0.39 is 0 Å². The van der Waals surface area contributed by atoms with Crippen molar-refractivity contribution in [1.82, 2.24) is 5.32 Å². The first kappa shape index (κ1) is 13.1. The van der Waals surface area contributed by atoms with Crippen LogP contribution < -0.4 is 11.1 Å². The second-order valence-corrected chi connectivity index (χ2v) is 5.51. The van der Waals surface area contributed by atoms with Gasteiger partial charge in [0.1, 0.15) is 0 Å². The van der Waals surface area contributed by atoms with Gasteiger partial charge in [-0.2, -0.15) is 0 Å². The van der Waals surface area contributed by atoms with Crippen LogP contribution in [0.15, 0.2) is 30.3 Å². The molecule has 3 heteroatoms. The molecule has 0 radical (unpaired) electrons. The van der Waals surface area contributed by atoms with Crippen molar-refractivity contribution in [3.63, 3.8) is 0 Å². The molecule has 1 aromatic rings. The molecule has 0 aliphatic carbocycles. The Bertz CT molecular complexity index is 404. The highest BCUT2D eigenvalue weighted by Crippen LogP contribution is 2.28. The summed E-state index contributed by atoms with van der Waals surface area (Å²) >= 11 is 0. The third kappa shape index (κ3) is 2.91. The zero-order valence-electron chi connectivity index (χ0n) is 11.1. The number of piperidine rings is 1. The van der Waals surface area contributed by atoms with Gasteiger partial charge in [0.15, 0.2) is 0 Å². The molecule has 2 rings (SSSR count). The Hall–Kier alpha value is -1.35. The second-order valence-electron chi connectivity index (χ2n) is 5.51. The lowest BCUT2D eigenvalue weighted by Gasteiger charge is -2.39. The first-order valence-electron chi connectivity index (χ1n) is 6.67. The molecular formula is C15H22N2O. The van der Waals surface area contributed by atoms with Crippen molar-refractivity contribution in [3.8, 4) is 0 Å². The van der Waals surface area contributed by atoms with E-state index in [0.29, 0.717) is 12.0 Å². The van der Waals surface area contributed by atoms with Crippen LogP contribution in [0.2, 0.25) is 0 Å². The van der Waals surface area contributed by atoms with E-state index in [-0.39, 0.29) is 17.9 Å². The number of hydrogen-bond donors (Lipinski definition) is 2. The van der Waals surface area contributed by atoms with Gasteiger partial charge in [-0.05, 0) is 31.2 Å². The Morgan fingerprint density at radius 3 is 2.61 bits per heavy atom. The average Bonchev–Trinajstić information content (AvgIpc) is 2.28. The number of amides is 1. The van der Waals surface area contributed by atoms with Gasteiger partial charge in [-0.1, -0.05) is 37.3 Å². The molecule has 0 aromatic heterocycles. The number of carbonyl (C=O) groups excluding carboxylic acids is 1. The van der Waals surface area contributed by atoms with Crippen LogP contribution in [0.4, 0.5) is 0 Å². The van der Waals surface area contributed by atoms with Gasteiger partial charge in [-0.3, -0.25) is 4.79 Å². The van der Waals surface area contributed by atoms with Crippen LogP contribution in [0, 0.1) is 11.8 Å². The first-order valence-corrected chi connectivity index (χ1v) is 6.67. The number of primary amides is 1. The molecule has 1 heterocycles. The van der Waals surface area contributed by atoms with Gasteiger partial charge in [0.05, 0.1) is 5.92 Å². The molecular weight excluding hydrogens is 224 g/mol. The molecule has 4 unspecified atom stereocenters. The summed E-state index contributed by atoms with van der Waals surface area (Å²) in [6.07, 6.45) is 1.88. The van der Waals surface area contributed by atoms with Crippen LogP contribution in [0.1, 0.15) is 25.8 Å². The summed E-state index contributed by atoms with van der Waals surface area (Å²) in [6.45, 7) is 4.30. The van der Waals surface area contributed by atoms with E-state index >= 15 is 0 Å². The molecule has 0 saturated carbocycles. The van der Waals surface area contributed by atoms with Gasteiger partial charge in [0.2, 0.25) is 5.91 Å². The quantitative estimate of drug-likeness (QED) is 0.853. The van der Waals surface area contributed by atoms with Crippen LogP contribution in [0.25, 0.3) is 0 Å². The molecule has 1 aliphatic rings. The predicted molar refractivity (Wildman–Crippen MR) is 73.0 cm³/mol. The van der Waals surface area contributed by atoms with Gasteiger partial charge in [-0.25, -0.2) is 0 Å². The lowest BCUT2D eigenvalue weighted by atomic mass is 9.77. The Morgan fingerprint density at radius 1 is 1.33 bits per heavy atom. The monoisotopic (exact) mass is 246 g/mol. The fourth-order valence-electron chi connectivity index (χ4n) is 3.17. The number of hydrogen-bond acceptors (Lipinski definition) is 2. The molecule has 1 fully saturated rings. The molecule has 1 aliphatic heterocycles. The highest BCUT2D eigenvalue weighted by Gasteiger charge is 2.36. The number of nitrogens with one attached hydrogen (secondary N) is 1. The van der Waals surface area contributed by atoms with Crippen LogP contribution in [-0.4, -0.2) is 18.0 Å². The smallest absolute Gasteiger partial charge is 0.222 e. The maximum atomic E-state index is 11.7. The predicted octanol–water partition coefficient (Wildman–Crippen LogP) is 1.72. The Labute approximate surface area is 109 Å². The zero-order chi connectivity index (χ0) is 13.1. The minimum Gasteiger partial charge on any atom is -0.369 e. The van der Waals surface area contributed by atoms with Gasteiger partial charge in [0, 0.05) is 12.1 Å². The van der Waals surface area contributed by atoms with E-state index in [0.717, 1.165) is 12.8 Å². The molecule has 4 atom stereocenters. The lowest BCUT2D eigenvalue weighted by molar-refractivity contribution is -0.125. The fourth-order valence-corrected chi connectivity index (χ4v) is 3.17. The lowest BCUT2D eigenvalue weighted by Crippen LogP contribution is -2.55. The normalized spacial score (nSPS) is 32.1. The largest absolute Gasteiger partial charge is 0.369 e. The summed E-state index contributed by atoms with van der Waals surface area (Å²) in [5, 5.41) is 3.53. The van der Waals surface area contributed by atoms with E-state index in [2.05, 4.69) is 31.3 Å². The second kappa shape index (κ2) is 5.53. The van der Waals surface area contributed by atoms with E-state index in [1.54, 1.807) is 0 Å². The Morgan fingerprint density at radius 2 is 2.00 bits per heavy atom. The van der Waals surface area contributed by atoms with E-state index in [1.165, 1.54) is 5.56 Å². The van der Waals surface area contributed by atoms with E-state index in [4.69, 9.17) is 5.73 Å². The van der Waals surface area contributed by atoms with Gasteiger partial charge < -0.3 is 11.1 Å². The summed E-state index contributed by atoms with van der Waals surface area (Å²) in [7, 11) is 0. The molecule has 0 bridgehead atoms. The van der Waals surface area contributed by atoms with Crippen molar-refractivity contribution in [2.75, 3.05) is 0 Å². The van der Waals surface area contributed by atoms with E-state index in [9.17, 15) is 4.79 Å². The van der Waals surface area contributed by atoms with Gasteiger partial charge in [0.25, 0.3) is 0 Å². The Kier molecular flexibility index (Phi) is 4.02. The summed E-state index contributed by atoms with van der Waals surface area (Å²) in [5.74, 6) is 0.108. The number of benzene rings is 1. The van der Waals surface area contributed by atoms with Crippen LogP contribution >= 0.6 is 0 Å². The van der Waals surface area contributed by atoms with Crippen molar-refractivity contribution >= 4 is 5.91 Å². The highest BCUT2D eigenvalue weighted by atomic mass is 16.1. The third-order valence-corrected chi connectivity index (χ3v) is 3.90. The maximum absolute atomic E-state index is 11.7. The molecule has 18 heavy (non-hydrogen) atoms. The molecule has 1 saturated heterocycles. The van der Waals surface area contributed by atoms with Crippen LogP contribution in [-0.2, 0) is 11.2 Å². The minimum atomic E-state index is -0.178. The van der Waals surface area contributed by atoms with Crippen LogP contribution in [0.5, 0.6) is 0 Å². The maximum Gasteiger partial charge on any atom is 0.222 e.